The first-order chi connectivity index (χ1) is 14.0. The third-order valence-electron chi connectivity index (χ3n) is 4.62. The number of nitrogens with one attached hydrogen (secondary N) is 1. The number of hydrogen-bond acceptors (Lipinski definition) is 3. The van der Waals surface area contributed by atoms with Crippen LogP contribution in [0.5, 0.6) is 5.75 Å². The number of halogens is 2. The van der Waals surface area contributed by atoms with E-state index in [1.807, 2.05) is 41.8 Å². The Labute approximate surface area is 177 Å². The molecular weight excluding hydrogens is 409 g/mol. The SMILES string of the molecule is COc1ccccc1C(=O)Nc1c(-c2ccc(Cl)c(Cl)c2)nc2c(C)cccn12. The second-order valence-electron chi connectivity index (χ2n) is 6.48. The first kappa shape index (κ1) is 19.3. The average Bonchev–Trinajstić information content (AvgIpc) is 3.09. The van der Waals surface area contributed by atoms with Crippen molar-refractivity contribution in [1.82, 2.24) is 9.38 Å². The Hall–Kier alpha value is -3.02. The Morgan fingerprint density at radius 1 is 1.07 bits per heavy atom. The van der Waals surface area contributed by atoms with Crippen LogP contribution in [0.3, 0.4) is 0 Å². The van der Waals surface area contributed by atoms with Crippen molar-refractivity contribution >= 4 is 40.6 Å². The largest absolute Gasteiger partial charge is 0.496 e. The van der Waals surface area contributed by atoms with Crippen molar-refractivity contribution in [3.8, 4) is 17.0 Å². The van der Waals surface area contributed by atoms with Crippen LogP contribution < -0.4 is 10.1 Å². The molecular formula is C22H17Cl2N3O2. The first-order valence-electron chi connectivity index (χ1n) is 8.87. The van der Waals surface area contributed by atoms with E-state index in [-0.39, 0.29) is 5.91 Å². The maximum atomic E-state index is 13.0. The van der Waals surface area contributed by atoms with Crippen molar-refractivity contribution in [3.63, 3.8) is 0 Å². The molecule has 2 heterocycles. The molecule has 0 atom stereocenters. The molecule has 0 bridgehead atoms. The Balaban J connectivity index is 1.87. The van der Waals surface area contributed by atoms with Crippen LogP contribution in [0.1, 0.15) is 15.9 Å². The summed E-state index contributed by atoms with van der Waals surface area (Å²) in [7, 11) is 1.53. The Morgan fingerprint density at radius 3 is 2.62 bits per heavy atom. The number of ether oxygens (including phenoxy) is 1. The number of fused-ring (bicyclic) bond motifs is 1. The Bertz CT molecular complexity index is 1230. The van der Waals surface area contributed by atoms with Crippen molar-refractivity contribution < 1.29 is 9.53 Å². The predicted octanol–water partition coefficient (Wildman–Crippen LogP) is 5.88. The zero-order chi connectivity index (χ0) is 20.5. The molecule has 0 unspecified atom stereocenters. The van der Waals surface area contributed by atoms with Gasteiger partial charge in [-0.05, 0) is 42.8 Å². The predicted molar refractivity (Wildman–Crippen MR) is 116 cm³/mol. The molecule has 0 spiro atoms. The highest BCUT2D eigenvalue weighted by Gasteiger charge is 2.20. The summed E-state index contributed by atoms with van der Waals surface area (Å²) >= 11 is 12.3. The number of anilines is 1. The molecule has 0 aliphatic heterocycles. The molecule has 0 fully saturated rings. The summed E-state index contributed by atoms with van der Waals surface area (Å²) in [6.45, 7) is 1.97. The second-order valence-corrected chi connectivity index (χ2v) is 7.29. The van der Waals surface area contributed by atoms with E-state index in [1.54, 1.807) is 30.3 Å². The number of carbonyl (C=O) groups is 1. The fourth-order valence-corrected chi connectivity index (χ4v) is 3.47. The van der Waals surface area contributed by atoms with Crippen LogP contribution in [0.25, 0.3) is 16.9 Å². The van der Waals surface area contributed by atoms with Gasteiger partial charge < -0.3 is 10.1 Å². The average molecular weight is 426 g/mol. The molecule has 0 saturated carbocycles. The fourth-order valence-electron chi connectivity index (χ4n) is 3.18. The monoisotopic (exact) mass is 425 g/mol. The van der Waals surface area contributed by atoms with Gasteiger partial charge in [0.15, 0.2) is 0 Å². The van der Waals surface area contributed by atoms with Crippen LogP contribution in [0.2, 0.25) is 10.0 Å². The normalized spacial score (nSPS) is 10.9. The minimum absolute atomic E-state index is 0.299. The number of imidazole rings is 1. The van der Waals surface area contributed by atoms with Crippen LogP contribution in [0.15, 0.2) is 60.8 Å². The van der Waals surface area contributed by atoms with E-state index in [0.29, 0.717) is 32.9 Å². The number of amides is 1. The molecule has 2 aromatic heterocycles. The van der Waals surface area contributed by atoms with E-state index in [0.717, 1.165) is 16.8 Å². The van der Waals surface area contributed by atoms with E-state index < -0.39 is 0 Å². The fraction of sp³-hybridized carbons (Fsp3) is 0.0909. The van der Waals surface area contributed by atoms with Gasteiger partial charge in [-0.15, -0.1) is 0 Å². The summed E-state index contributed by atoms with van der Waals surface area (Å²) in [4.78, 5) is 17.8. The zero-order valence-corrected chi connectivity index (χ0v) is 17.3. The first-order valence-corrected chi connectivity index (χ1v) is 9.62. The van der Waals surface area contributed by atoms with Gasteiger partial charge >= 0.3 is 0 Å². The highest BCUT2D eigenvalue weighted by atomic mass is 35.5. The van der Waals surface area contributed by atoms with Crippen LogP contribution in [0, 0.1) is 6.92 Å². The highest BCUT2D eigenvalue weighted by Crippen LogP contribution is 2.34. The molecule has 29 heavy (non-hydrogen) atoms. The molecule has 4 rings (SSSR count). The summed E-state index contributed by atoms with van der Waals surface area (Å²) in [6, 6.07) is 16.2. The van der Waals surface area contributed by atoms with Gasteiger partial charge in [0, 0.05) is 11.8 Å². The lowest BCUT2D eigenvalue weighted by atomic mass is 10.1. The van der Waals surface area contributed by atoms with Crippen LogP contribution in [0.4, 0.5) is 5.82 Å². The lowest BCUT2D eigenvalue weighted by Gasteiger charge is -2.11. The lowest BCUT2D eigenvalue weighted by molar-refractivity contribution is 0.102. The van der Waals surface area contributed by atoms with Crippen LogP contribution in [-0.4, -0.2) is 22.4 Å². The topological polar surface area (TPSA) is 55.6 Å². The summed E-state index contributed by atoms with van der Waals surface area (Å²) < 4.78 is 7.17. The summed E-state index contributed by atoms with van der Waals surface area (Å²) in [5, 5.41) is 3.86. The van der Waals surface area contributed by atoms with E-state index in [2.05, 4.69) is 5.32 Å². The van der Waals surface area contributed by atoms with Gasteiger partial charge in [0.1, 0.15) is 22.9 Å². The maximum Gasteiger partial charge on any atom is 0.260 e. The van der Waals surface area contributed by atoms with Crippen molar-refractivity contribution in [3.05, 3.63) is 82.0 Å². The molecule has 4 aromatic rings. The van der Waals surface area contributed by atoms with Crippen molar-refractivity contribution in [2.75, 3.05) is 12.4 Å². The summed E-state index contributed by atoms with van der Waals surface area (Å²) in [6.07, 6.45) is 1.86. The second kappa shape index (κ2) is 7.78. The standard InChI is InChI=1S/C22H17Cl2N3O2/c1-13-6-5-11-27-20(13)25-19(14-9-10-16(23)17(24)12-14)21(27)26-22(28)15-7-3-4-8-18(15)29-2/h3-12H,1-2H3,(H,26,28). The molecule has 0 aliphatic carbocycles. The van der Waals surface area contributed by atoms with Gasteiger partial charge in [0.2, 0.25) is 0 Å². The quantitative estimate of drug-likeness (QED) is 0.444. The number of nitrogens with zero attached hydrogens (tertiary/aromatic N) is 2. The maximum absolute atomic E-state index is 13.0. The van der Waals surface area contributed by atoms with Gasteiger partial charge in [-0.1, -0.05) is 47.5 Å². The van der Waals surface area contributed by atoms with Gasteiger partial charge in [-0.2, -0.15) is 0 Å². The van der Waals surface area contributed by atoms with E-state index in [1.165, 1.54) is 7.11 Å². The third-order valence-corrected chi connectivity index (χ3v) is 5.36. The highest BCUT2D eigenvalue weighted by molar-refractivity contribution is 6.42. The number of rotatable bonds is 4. The van der Waals surface area contributed by atoms with Crippen molar-refractivity contribution in [2.24, 2.45) is 0 Å². The molecule has 7 heteroatoms. The molecule has 2 aromatic carbocycles. The van der Waals surface area contributed by atoms with Crippen LogP contribution in [-0.2, 0) is 0 Å². The van der Waals surface area contributed by atoms with Crippen molar-refractivity contribution in [1.29, 1.82) is 0 Å². The molecule has 5 nitrogen and oxygen atoms in total. The van der Waals surface area contributed by atoms with Gasteiger partial charge in [0.05, 0.1) is 22.7 Å². The molecule has 0 saturated heterocycles. The Kier molecular flexibility index (Phi) is 5.18. The van der Waals surface area contributed by atoms with Crippen LogP contribution >= 0.6 is 23.2 Å². The molecule has 0 radical (unpaired) electrons. The van der Waals surface area contributed by atoms with Crippen molar-refractivity contribution in [2.45, 2.75) is 6.92 Å². The number of carbonyl (C=O) groups excluding carboxylic acids is 1. The van der Waals surface area contributed by atoms with E-state index >= 15 is 0 Å². The van der Waals surface area contributed by atoms with Gasteiger partial charge in [0.25, 0.3) is 5.91 Å². The van der Waals surface area contributed by atoms with E-state index in [9.17, 15) is 4.79 Å². The summed E-state index contributed by atoms with van der Waals surface area (Å²) in [5.41, 5.74) is 3.49. The van der Waals surface area contributed by atoms with E-state index in [4.69, 9.17) is 32.9 Å². The molecule has 1 amide bonds. The van der Waals surface area contributed by atoms with Gasteiger partial charge in [-0.25, -0.2) is 4.98 Å². The smallest absolute Gasteiger partial charge is 0.260 e. The summed E-state index contributed by atoms with van der Waals surface area (Å²) in [5.74, 6) is 0.733. The zero-order valence-electron chi connectivity index (χ0n) is 15.7. The molecule has 146 valence electrons. The number of benzene rings is 2. The minimum atomic E-state index is -0.299. The minimum Gasteiger partial charge on any atom is -0.496 e. The number of aryl methyl sites for hydroxylation is 1. The number of aromatic nitrogens is 2. The molecule has 1 N–H and O–H groups in total. The van der Waals surface area contributed by atoms with Gasteiger partial charge in [-0.3, -0.25) is 9.20 Å². The Morgan fingerprint density at radius 2 is 1.86 bits per heavy atom. The molecule has 0 aliphatic rings. The number of hydrogen-bond donors (Lipinski definition) is 1. The number of pyridine rings is 1. The third kappa shape index (κ3) is 3.55. The lowest BCUT2D eigenvalue weighted by Crippen LogP contribution is -2.15. The number of methoxy groups -OCH3 is 1. The number of para-hydroxylation sites is 1.